The van der Waals surface area contributed by atoms with Gasteiger partial charge in [0.1, 0.15) is 17.2 Å². The van der Waals surface area contributed by atoms with Gasteiger partial charge in [-0.2, -0.15) is 0 Å². The number of alkyl halides is 1. The molecule has 0 aliphatic carbocycles. The molecule has 0 saturated heterocycles. The van der Waals surface area contributed by atoms with Crippen molar-refractivity contribution in [3.63, 3.8) is 0 Å². The molecule has 0 saturated carbocycles. The summed E-state index contributed by atoms with van der Waals surface area (Å²) in [5.74, 6) is 1.36. The van der Waals surface area contributed by atoms with Gasteiger partial charge in [-0.3, -0.25) is 9.78 Å². The Bertz CT molecular complexity index is 948. The van der Waals surface area contributed by atoms with Gasteiger partial charge in [0.15, 0.2) is 5.75 Å². The number of amides is 1. The molecule has 0 N–H and O–H groups in total. The molecule has 28 heavy (non-hydrogen) atoms. The zero-order valence-corrected chi connectivity index (χ0v) is 15.8. The number of aromatic nitrogens is 1. The number of carbonyl (C=O) groups is 1. The van der Waals surface area contributed by atoms with Crippen molar-refractivity contribution in [1.29, 1.82) is 0 Å². The first kappa shape index (κ1) is 19.4. The van der Waals surface area contributed by atoms with Gasteiger partial charge < -0.3 is 14.4 Å². The molecule has 144 valence electrons. The predicted molar refractivity (Wildman–Crippen MR) is 105 cm³/mol. The summed E-state index contributed by atoms with van der Waals surface area (Å²) in [5.41, 5.74) is 1.89. The van der Waals surface area contributed by atoms with E-state index in [4.69, 9.17) is 9.47 Å². The Morgan fingerprint density at radius 1 is 1.04 bits per heavy atom. The van der Waals surface area contributed by atoms with Crippen LogP contribution in [0.5, 0.6) is 17.2 Å². The average Bonchev–Trinajstić information content (AvgIpc) is 2.69. The Kier molecular flexibility index (Phi) is 6.22. The standard InChI is InChI=1S/C22H21FN2O3/c1-16-22(21(12-13-24-16)28-19-9-4-3-5-10-19)25(17(2)26)14-18-8-6-7-11-20(18)27-15-23/h3-13H,14-15H2,1-2H3. The third kappa shape index (κ3) is 4.46. The minimum atomic E-state index is -0.939. The fourth-order valence-electron chi connectivity index (χ4n) is 2.91. The maximum atomic E-state index is 12.7. The third-order valence-electron chi connectivity index (χ3n) is 4.20. The summed E-state index contributed by atoms with van der Waals surface area (Å²) in [6.45, 7) is 2.54. The molecule has 0 fully saturated rings. The van der Waals surface area contributed by atoms with E-state index >= 15 is 0 Å². The van der Waals surface area contributed by atoms with Gasteiger partial charge in [-0.1, -0.05) is 36.4 Å². The number of para-hydroxylation sites is 2. The average molecular weight is 380 g/mol. The van der Waals surface area contributed by atoms with Crippen LogP contribution in [-0.4, -0.2) is 17.8 Å². The molecule has 0 atom stereocenters. The molecule has 3 aromatic rings. The zero-order valence-electron chi connectivity index (χ0n) is 15.8. The molecule has 1 heterocycles. The number of hydrogen-bond acceptors (Lipinski definition) is 4. The van der Waals surface area contributed by atoms with Gasteiger partial charge in [-0.25, -0.2) is 4.39 Å². The van der Waals surface area contributed by atoms with Crippen LogP contribution in [0, 0.1) is 6.92 Å². The first-order valence-electron chi connectivity index (χ1n) is 8.83. The van der Waals surface area contributed by atoms with Crippen molar-refractivity contribution < 1.29 is 18.7 Å². The normalized spacial score (nSPS) is 10.4. The van der Waals surface area contributed by atoms with Gasteiger partial charge >= 0.3 is 0 Å². The van der Waals surface area contributed by atoms with Crippen molar-refractivity contribution in [1.82, 2.24) is 4.98 Å². The molecule has 0 aliphatic rings. The number of anilines is 1. The second kappa shape index (κ2) is 8.99. The lowest BCUT2D eigenvalue weighted by Gasteiger charge is -2.26. The smallest absolute Gasteiger partial charge is 0.228 e. The molecule has 2 aromatic carbocycles. The van der Waals surface area contributed by atoms with Crippen LogP contribution in [0.3, 0.4) is 0 Å². The Morgan fingerprint density at radius 2 is 1.75 bits per heavy atom. The fourth-order valence-corrected chi connectivity index (χ4v) is 2.91. The number of rotatable bonds is 7. The van der Waals surface area contributed by atoms with Crippen LogP contribution in [0.25, 0.3) is 0 Å². The number of benzene rings is 2. The second-order valence-corrected chi connectivity index (χ2v) is 6.12. The lowest BCUT2D eigenvalue weighted by atomic mass is 10.1. The summed E-state index contributed by atoms with van der Waals surface area (Å²) < 4.78 is 23.8. The first-order chi connectivity index (χ1) is 13.6. The van der Waals surface area contributed by atoms with E-state index in [0.717, 1.165) is 0 Å². The van der Waals surface area contributed by atoms with Crippen molar-refractivity contribution in [2.45, 2.75) is 20.4 Å². The molecule has 0 bridgehead atoms. The molecule has 1 aromatic heterocycles. The van der Waals surface area contributed by atoms with Crippen LogP contribution in [0.2, 0.25) is 0 Å². The lowest BCUT2D eigenvalue weighted by Crippen LogP contribution is -2.29. The van der Waals surface area contributed by atoms with Gasteiger partial charge in [0.05, 0.1) is 12.2 Å². The Balaban J connectivity index is 2.00. The zero-order chi connectivity index (χ0) is 19.9. The highest BCUT2D eigenvalue weighted by molar-refractivity contribution is 5.93. The van der Waals surface area contributed by atoms with E-state index < -0.39 is 6.86 Å². The van der Waals surface area contributed by atoms with Gasteiger partial charge in [-0.15, -0.1) is 0 Å². The number of ether oxygens (including phenoxy) is 2. The monoisotopic (exact) mass is 380 g/mol. The summed E-state index contributed by atoms with van der Waals surface area (Å²) in [5, 5.41) is 0. The van der Waals surface area contributed by atoms with E-state index in [1.807, 2.05) is 43.3 Å². The molecule has 5 nitrogen and oxygen atoms in total. The molecule has 0 radical (unpaired) electrons. The summed E-state index contributed by atoms with van der Waals surface area (Å²) >= 11 is 0. The van der Waals surface area contributed by atoms with Crippen molar-refractivity contribution in [2.75, 3.05) is 11.8 Å². The third-order valence-corrected chi connectivity index (χ3v) is 4.20. The fraction of sp³-hybridized carbons (Fsp3) is 0.182. The molecular weight excluding hydrogens is 359 g/mol. The summed E-state index contributed by atoms with van der Waals surface area (Å²) in [6, 6.07) is 18.1. The number of hydrogen-bond donors (Lipinski definition) is 0. The molecule has 0 spiro atoms. The number of nitrogens with zero attached hydrogens (tertiary/aromatic N) is 2. The predicted octanol–water partition coefficient (Wildman–Crippen LogP) is 5.04. The quantitative estimate of drug-likeness (QED) is 0.576. The van der Waals surface area contributed by atoms with E-state index in [-0.39, 0.29) is 12.5 Å². The first-order valence-corrected chi connectivity index (χ1v) is 8.83. The molecule has 0 unspecified atom stereocenters. The van der Waals surface area contributed by atoms with Crippen LogP contribution in [0.4, 0.5) is 10.1 Å². The number of halogens is 1. The highest BCUT2D eigenvalue weighted by atomic mass is 19.1. The Labute approximate surface area is 163 Å². The van der Waals surface area contributed by atoms with Gasteiger partial charge in [0, 0.05) is 24.8 Å². The molecule has 1 amide bonds. The van der Waals surface area contributed by atoms with E-state index in [1.165, 1.54) is 6.92 Å². The molecule has 3 rings (SSSR count). The maximum absolute atomic E-state index is 12.7. The lowest BCUT2D eigenvalue weighted by molar-refractivity contribution is -0.116. The van der Waals surface area contributed by atoms with Crippen LogP contribution in [0.15, 0.2) is 66.9 Å². The van der Waals surface area contributed by atoms with Gasteiger partial charge in [-0.05, 0) is 25.1 Å². The highest BCUT2D eigenvalue weighted by Crippen LogP contribution is 2.36. The number of carbonyl (C=O) groups excluding carboxylic acids is 1. The van der Waals surface area contributed by atoms with Crippen LogP contribution in [-0.2, 0) is 11.3 Å². The summed E-state index contributed by atoms with van der Waals surface area (Å²) in [4.78, 5) is 18.4. The van der Waals surface area contributed by atoms with Crippen molar-refractivity contribution in [3.05, 3.63) is 78.1 Å². The summed E-state index contributed by atoms with van der Waals surface area (Å²) in [6.07, 6.45) is 1.63. The Hall–Kier alpha value is -3.41. The van der Waals surface area contributed by atoms with E-state index in [1.54, 1.807) is 35.4 Å². The second-order valence-electron chi connectivity index (χ2n) is 6.12. The van der Waals surface area contributed by atoms with Gasteiger partial charge in [0.25, 0.3) is 0 Å². The minimum absolute atomic E-state index is 0.191. The highest BCUT2D eigenvalue weighted by Gasteiger charge is 2.22. The SMILES string of the molecule is CC(=O)N(Cc1ccccc1OCF)c1c(Oc2ccccc2)ccnc1C. The van der Waals surface area contributed by atoms with E-state index in [2.05, 4.69) is 4.98 Å². The van der Waals surface area contributed by atoms with Gasteiger partial charge in [0.2, 0.25) is 12.8 Å². The van der Waals surface area contributed by atoms with E-state index in [9.17, 15) is 9.18 Å². The van der Waals surface area contributed by atoms with Crippen molar-refractivity contribution in [2.24, 2.45) is 0 Å². The van der Waals surface area contributed by atoms with Crippen LogP contribution >= 0.6 is 0 Å². The number of aryl methyl sites for hydroxylation is 1. The van der Waals surface area contributed by atoms with Crippen LogP contribution < -0.4 is 14.4 Å². The summed E-state index contributed by atoms with van der Waals surface area (Å²) in [7, 11) is 0. The maximum Gasteiger partial charge on any atom is 0.228 e. The largest absolute Gasteiger partial charge is 0.463 e. The molecular formula is C22H21FN2O3. The Morgan fingerprint density at radius 3 is 2.46 bits per heavy atom. The van der Waals surface area contributed by atoms with E-state index in [0.29, 0.717) is 34.2 Å². The van der Waals surface area contributed by atoms with Crippen LogP contribution in [0.1, 0.15) is 18.2 Å². The minimum Gasteiger partial charge on any atom is -0.463 e. The van der Waals surface area contributed by atoms with Crippen molar-refractivity contribution >= 4 is 11.6 Å². The topological polar surface area (TPSA) is 51.7 Å². The molecule has 0 aliphatic heterocycles. The number of pyridine rings is 1. The van der Waals surface area contributed by atoms with Crippen molar-refractivity contribution in [3.8, 4) is 17.2 Å². The molecule has 6 heteroatoms.